The summed E-state index contributed by atoms with van der Waals surface area (Å²) in [6.07, 6.45) is 4.24. The number of amides is 1. The van der Waals surface area contributed by atoms with Crippen LogP contribution >= 0.6 is 0 Å². The van der Waals surface area contributed by atoms with E-state index < -0.39 is 0 Å². The molecule has 1 saturated carbocycles. The molecule has 0 spiro atoms. The van der Waals surface area contributed by atoms with E-state index in [1.54, 1.807) is 0 Å². The van der Waals surface area contributed by atoms with Gasteiger partial charge in [0.15, 0.2) is 0 Å². The topological polar surface area (TPSA) is 61.4 Å². The van der Waals surface area contributed by atoms with Gasteiger partial charge in [-0.2, -0.15) is 0 Å². The van der Waals surface area contributed by atoms with Gasteiger partial charge < -0.3 is 15.7 Å². The number of hydrogen-bond donors (Lipinski definition) is 3. The highest BCUT2D eigenvalue weighted by molar-refractivity contribution is 5.76. The first-order valence-electron chi connectivity index (χ1n) is 6.28. The van der Waals surface area contributed by atoms with Gasteiger partial charge in [-0.15, -0.1) is 0 Å². The van der Waals surface area contributed by atoms with Crippen LogP contribution in [0, 0.1) is 0 Å². The SMILES string of the molecule is CC(C)NC(=O)CCNC1CCC(O)CC1. The van der Waals surface area contributed by atoms with Crippen LogP contribution < -0.4 is 10.6 Å². The van der Waals surface area contributed by atoms with Gasteiger partial charge in [0.25, 0.3) is 0 Å². The molecule has 0 bridgehead atoms. The van der Waals surface area contributed by atoms with Crippen LogP contribution in [0.4, 0.5) is 0 Å². The van der Waals surface area contributed by atoms with Gasteiger partial charge in [-0.25, -0.2) is 0 Å². The Kier molecular flexibility index (Phi) is 5.77. The number of carbonyl (C=O) groups excluding carboxylic acids is 1. The highest BCUT2D eigenvalue weighted by Gasteiger charge is 2.18. The van der Waals surface area contributed by atoms with Crippen molar-refractivity contribution in [1.29, 1.82) is 0 Å². The molecular formula is C12H24N2O2. The van der Waals surface area contributed by atoms with E-state index >= 15 is 0 Å². The van der Waals surface area contributed by atoms with Crippen molar-refractivity contribution in [2.45, 2.75) is 64.1 Å². The Morgan fingerprint density at radius 1 is 1.31 bits per heavy atom. The van der Waals surface area contributed by atoms with Gasteiger partial charge in [-0.1, -0.05) is 0 Å². The molecule has 0 aromatic heterocycles. The number of carbonyl (C=O) groups is 1. The van der Waals surface area contributed by atoms with Crippen LogP contribution in [0.2, 0.25) is 0 Å². The summed E-state index contributed by atoms with van der Waals surface area (Å²) in [4.78, 5) is 11.4. The van der Waals surface area contributed by atoms with Gasteiger partial charge in [-0.05, 0) is 39.5 Å². The third-order valence-corrected chi connectivity index (χ3v) is 2.93. The zero-order valence-corrected chi connectivity index (χ0v) is 10.3. The second-order valence-electron chi connectivity index (χ2n) is 4.93. The molecule has 0 atom stereocenters. The summed E-state index contributed by atoms with van der Waals surface area (Å²) in [6.45, 7) is 4.67. The molecule has 4 nitrogen and oxygen atoms in total. The molecule has 0 radical (unpaired) electrons. The largest absolute Gasteiger partial charge is 0.393 e. The molecule has 0 aromatic rings. The number of rotatable bonds is 5. The second-order valence-corrected chi connectivity index (χ2v) is 4.93. The van der Waals surface area contributed by atoms with E-state index in [0.29, 0.717) is 12.5 Å². The molecule has 1 aliphatic carbocycles. The summed E-state index contributed by atoms with van der Waals surface area (Å²) in [5, 5.41) is 15.6. The molecule has 1 aliphatic rings. The smallest absolute Gasteiger partial charge is 0.221 e. The van der Waals surface area contributed by atoms with Crippen LogP contribution in [0.3, 0.4) is 0 Å². The van der Waals surface area contributed by atoms with Gasteiger partial charge in [0, 0.05) is 25.0 Å². The highest BCUT2D eigenvalue weighted by Crippen LogP contribution is 2.17. The van der Waals surface area contributed by atoms with Crippen molar-refractivity contribution in [3.8, 4) is 0 Å². The molecule has 4 heteroatoms. The van der Waals surface area contributed by atoms with Crippen LogP contribution in [0.15, 0.2) is 0 Å². The lowest BCUT2D eigenvalue weighted by Crippen LogP contribution is -2.38. The summed E-state index contributed by atoms with van der Waals surface area (Å²) in [5.41, 5.74) is 0. The van der Waals surface area contributed by atoms with E-state index in [9.17, 15) is 9.90 Å². The van der Waals surface area contributed by atoms with Crippen LogP contribution in [0.5, 0.6) is 0 Å². The van der Waals surface area contributed by atoms with Crippen molar-refractivity contribution >= 4 is 5.91 Å². The molecule has 1 amide bonds. The van der Waals surface area contributed by atoms with Crippen LogP contribution in [-0.4, -0.2) is 35.7 Å². The third kappa shape index (κ3) is 5.47. The predicted octanol–water partition coefficient (Wildman–Crippen LogP) is 0.794. The molecule has 94 valence electrons. The summed E-state index contributed by atoms with van der Waals surface area (Å²) in [6, 6.07) is 0.701. The Morgan fingerprint density at radius 2 is 1.94 bits per heavy atom. The van der Waals surface area contributed by atoms with Gasteiger partial charge in [0.2, 0.25) is 5.91 Å². The van der Waals surface area contributed by atoms with E-state index in [-0.39, 0.29) is 18.1 Å². The molecule has 0 aromatic carbocycles. The number of hydrogen-bond acceptors (Lipinski definition) is 3. The minimum atomic E-state index is -0.109. The number of nitrogens with one attached hydrogen (secondary N) is 2. The standard InChI is InChI=1S/C12H24N2O2/c1-9(2)14-12(16)7-8-13-10-3-5-11(15)6-4-10/h9-11,13,15H,3-8H2,1-2H3,(H,14,16). The minimum absolute atomic E-state index is 0.109. The third-order valence-electron chi connectivity index (χ3n) is 2.93. The lowest BCUT2D eigenvalue weighted by molar-refractivity contribution is -0.121. The molecule has 0 aliphatic heterocycles. The number of aliphatic hydroxyl groups is 1. The highest BCUT2D eigenvalue weighted by atomic mass is 16.3. The Hall–Kier alpha value is -0.610. The molecule has 3 N–H and O–H groups in total. The first kappa shape index (κ1) is 13.5. The van der Waals surface area contributed by atoms with Crippen molar-refractivity contribution < 1.29 is 9.90 Å². The summed E-state index contributed by atoms with van der Waals surface area (Å²) >= 11 is 0. The number of aliphatic hydroxyl groups excluding tert-OH is 1. The van der Waals surface area contributed by atoms with Crippen LogP contribution in [0.25, 0.3) is 0 Å². The van der Waals surface area contributed by atoms with Crippen molar-refractivity contribution in [2.75, 3.05) is 6.54 Å². The molecule has 0 unspecified atom stereocenters. The average Bonchev–Trinajstić information content (AvgIpc) is 2.20. The lowest BCUT2D eigenvalue weighted by atomic mass is 9.93. The lowest BCUT2D eigenvalue weighted by Gasteiger charge is -2.26. The van der Waals surface area contributed by atoms with Crippen LogP contribution in [0.1, 0.15) is 46.0 Å². The van der Waals surface area contributed by atoms with Gasteiger partial charge in [-0.3, -0.25) is 4.79 Å². The summed E-state index contributed by atoms with van der Waals surface area (Å²) < 4.78 is 0. The fraction of sp³-hybridized carbons (Fsp3) is 0.917. The predicted molar refractivity (Wildman–Crippen MR) is 64.2 cm³/mol. The van der Waals surface area contributed by atoms with Crippen molar-refractivity contribution in [1.82, 2.24) is 10.6 Å². The van der Waals surface area contributed by atoms with Crippen molar-refractivity contribution in [2.24, 2.45) is 0 Å². The Labute approximate surface area is 97.8 Å². The van der Waals surface area contributed by atoms with Gasteiger partial charge in [0.1, 0.15) is 0 Å². The maximum atomic E-state index is 11.4. The minimum Gasteiger partial charge on any atom is -0.393 e. The fourth-order valence-electron chi connectivity index (χ4n) is 2.06. The fourth-order valence-corrected chi connectivity index (χ4v) is 2.06. The monoisotopic (exact) mass is 228 g/mol. The van der Waals surface area contributed by atoms with Gasteiger partial charge >= 0.3 is 0 Å². The average molecular weight is 228 g/mol. The molecule has 0 heterocycles. The van der Waals surface area contributed by atoms with E-state index in [1.165, 1.54) is 0 Å². The van der Waals surface area contributed by atoms with Crippen molar-refractivity contribution in [3.63, 3.8) is 0 Å². The van der Waals surface area contributed by atoms with E-state index in [2.05, 4.69) is 10.6 Å². The molecular weight excluding hydrogens is 204 g/mol. The maximum absolute atomic E-state index is 11.4. The van der Waals surface area contributed by atoms with Crippen molar-refractivity contribution in [3.05, 3.63) is 0 Å². The summed E-state index contributed by atoms with van der Waals surface area (Å²) in [7, 11) is 0. The summed E-state index contributed by atoms with van der Waals surface area (Å²) in [5.74, 6) is 0.110. The van der Waals surface area contributed by atoms with E-state index in [0.717, 1.165) is 32.2 Å². The van der Waals surface area contributed by atoms with Crippen LogP contribution in [-0.2, 0) is 4.79 Å². The zero-order valence-electron chi connectivity index (χ0n) is 10.3. The quantitative estimate of drug-likeness (QED) is 0.652. The molecule has 0 saturated heterocycles. The Morgan fingerprint density at radius 3 is 2.50 bits per heavy atom. The second kappa shape index (κ2) is 6.86. The van der Waals surface area contributed by atoms with E-state index in [4.69, 9.17) is 0 Å². The van der Waals surface area contributed by atoms with E-state index in [1.807, 2.05) is 13.8 Å². The zero-order chi connectivity index (χ0) is 12.0. The normalized spacial score (nSPS) is 25.8. The molecule has 16 heavy (non-hydrogen) atoms. The maximum Gasteiger partial charge on any atom is 0.221 e. The Bertz CT molecular complexity index is 211. The Balaban J connectivity index is 2.04. The molecule has 1 rings (SSSR count). The molecule has 1 fully saturated rings. The van der Waals surface area contributed by atoms with Gasteiger partial charge in [0.05, 0.1) is 6.10 Å². The first-order chi connectivity index (χ1) is 7.58. The first-order valence-corrected chi connectivity index (χ1v) is 6.28.